The second kappa shape index (κ2) is 10.1. The normalized spacial score (nSPS) is 14.7. The number of rotatable bonds is 8. The maximum atomic E-state index is 12.8. The number of nitrogens with one attached hydrogen (secondary N) is 1. The van der Waals surface area contributed by atoms with Gasteiger partial charge >= 0.3 is 0 Å². The van der Waals surface area contributed by atoms with Crippen LogP contribution in [0.5, 0.6) is 5.75 Å². The van der Waals surface area contributed by atoms with Crippen molar-refractivity contribution in [3.63, 3.8) is 0 Å². The first-order valence-electron chi connectivity index (χ1n) is 10.9. The second-order valence-electron chi connectivity index (χ2n) is 7.61. The average Bonchev–Trinajstić information content (AvgIpc) is 3.32. The van der Waals surface area contributed by atoms with E-state index in [1.807, 2.05) is 31.2 Å². The van der Waals surface area contributed by atoms with Crippen LogP contribution >= 0.6 is 0 Å². The number of sulfonamides is 1. The second-order valence-corrected chi connectivity index (χ2v) is 9.54. The van der Waals surface area contributed by atoms with Gasteiger partial charge in [0.25, 0.3) is 5.91 Å². The molecule has 0 unspecified atom stereocenters. The molecule has 1 amide bonds. The van der Waals surface area contributed by atoms with Crippen molar-refractivity contribution in [3.05, 3.63) is 59.9 Å². The van der Waals surface area contributed by atoms with Gasteiger partial charge in [0.05, 0.1) is 23.7 Å². The molecule has 33 heavy (non-hydrogen) atoms. The summed E-state index contributed by atoms with van der Waals surface area (Å²) >= 11 is 0. The van der Waals surface area contributed by atoms with Gasteiger partial charge in [0.15, 0.2) is 5.82 Å². The van der Waals surface area contributed by atoms with Crippen LogP contribution < -0.4 is 10.1 Å². The summed E-state index contributed by atoms with van der Waals surface area (Å²) in [5.41, 5.74) is 1.09. The molecular weight excluding hydrogens is 444 g/mol. The number of hydrogen-bond donors (Lipinski definition) is 1. The van der Waals surface area contributed by atoms with E-state index in [1.165, 1.54) is 33.3 Å². The van der Waals surface area contributed by atoms with Gasteiger partial charge in [-0.15, -0.1) is 5.10 Å². The van der Waals surface area contributed by atoms with Gasteiger partial charge in [0.2, 0.25) is 10.0 Å². The number of hydrogen-bond acceptors (Lipinski definition) is 7. The molecule has 0 atom stereocenters. The summed E-state index contributed by atoms with van der Waals surface area (Å²) in [6.07, 6.45) is 2.79. The van der Waals surface area contributed by atoms with Gasteiger partial charge in [-0.25, -0.2) is 8.42 Å². The number of ether oxygens (including phenoxy) is 1. The van der Waals surface area contributed by atoms with Crippen LogP contribution in [-0.4, -0.2) is 58.5 Å². The van der Waals surface area contributed by atoms with Crippen LogP contribution in [0.2, 0.25) is 0 Å². The van der Waals surface area contributed by atoms with E-state index in [-0.39, 0.29) is 17.3 Å². The van der Waals surface area contributed by atoms with Gasteiger partial charge in [-0.3, -0.25) is 4.79 Å². The van der Waals surface area contributed by atoms with Crippen molar-refractivity contribution in [1.82, 2.24) is 29.8 Å². The molecule has 0 aliphatic carbocycles. The smallest absolute Gasteiger partial charge is 0.251 e. The lowest BCUT2D eigenvalue weighted by atomic mass is 10.2. The predicted molar refractivity (Wildman–Crippen MR) is 121 cm³/mol. The third-order valence-corrected chi connectivity index (χ3v) is 7.32. The third-order valence-electron chi connectivity index (χ3n) is 5.40. The van der Waals surface area contributed by atoms with E-state index in [2.05, 4.69) is 20.8 Å². The van der Waals surface area contributed by atoms with Crippen molar-refractivity contribution in [1.29, 1.82) is 0 Å². The maximum Gasteiger partial charge on any atom is 0.251 e. The largest absolute Gasteiger partial charge is 0.494 e. The van der Waals surface area contributed by atoms with Gasteiger partial charge in [0.1, 0.15) is 5.75 Å². The number of nitrogens with zero attached hydrogens (tertiary/aromatic N) is 5. The van der Waals surface area contributed by atoms with E-state index in [0.717, 1.165) is 30.7 Å². The Morgan fingerprint density at radius 1 is 1.03 bits per heavy atom. The summed E-state index contributed by atoms with van der Waals surface area (Å²) in [7, 11) is -3.53. The van der Waals surface area contributed by atoms with Crippen LogP contribution in [0.1, 0.15) is 42.4 Å². The van der Waals surface area contributed by atoms with Gasteiger partial charge in [-0.2, -0.15) is 8.99 Å². The molecule has 174 valence electrons. The van der Waals surface area contributed by atoms with Crippen molar-refractivity contribution in [2.45, 2.75) is 37.6 Å². The van der Waals surface area contributed by atoms with Crippen molar-refractivity contribution >= 4 is 15.9 Å². The highest BCUT2D eigenvalue weighted by atomic mass is 32.2. The lowest BCUT2D eigenvalue weighted by Gasteiger charge is -2.25. The Bertz CT molecular complexity index is 1190. The maximum absolute atomic E-state index is 12.8. The van der Waals surface area contributed by atoms with Crippen molar-refractivity contribution in [2.75, 3.05) is 19.7 Å². The summed E-state index contributed by atoms with van der Waals surface area (Å²) in [4.78, 5) is 12.8. The van der Waals surface area contributed by atoms with E-state index in [9.17, 15) is 13.2 Å². The Morgan fingerprint density at radius 2 is 1.73 bits per heavy atom. The summed E-state index contributed by atoms with van der Waals surface area (Å²) in [6.45, 7) is 3.66. The standard InChI is InChI=1S/C22H26N6O4S/c1-2-32-19-10-8-18(9-11-19)28-21(24-25-26-28)16-23-22(29)17-6-12-20(13-7-17)33(30,31)27-14-4-3-5-15-27/h6-13H,2-5,14-16H2,1H3,(H,23,29). The van der Waals surface area contributed by atoms with E-state index < -0.39 is 10.0 Å². The molecule has 0 saturated carbocycles. The third kappa shape index (κ3) is 5.20. The molecule has 0 radical (unpaired) electrons. The monoisotopic (exact) mass is 470 g/mol. The number of amides is 1. The Morgan fingerprint density at radius 3 is 2.39 bits per heavy atom. The minimum absolute atomic E-state index is 0.104. The highest BCUT2D eigenvalue weighted by Gasteiger charge is 2.26. The highest BCUT2D eigenvalue weighted by Crippen LogP contribution is 2.21. The lowest BCUT2D eigenvalue weighted by Crippen LogP contribution is -2.35. The lowest BCUT2D eigenvalue weighted by molar-refractivity contribution is 0.0949. The Kier molecular flexibility index (Phi) is 6.99. The molecule has 3 aromatic rings. The Hall–Kier alpha value is -3.31. The molecule has 1 saturated heterocycles. The molecule has 0 spiro atoms. The fourth-order valence-corrected chi connectivity index (χ4v) is 5.18. The predicted octanol–water partition coefficient (Wildman–Crippen LogP) is 2.17. The number of carbonyl (C=O) groups excluding carboxylic acids is 1. The summed E-state index contributed by atoms with van der Waals surface area (Å²) in [6, 6.07) is 13.3. The number of aromatic nitrogens is 4. The molecule has 10 nitrogen and oxygen atoms in total. The molecule has 1 aromatic heterocycles. The van der Waals surface area contributed by atoms with Gasteiger partial charge < -0.3 is 10.1 Å². The number of carbonyl (C=O) groups is 1. The minimum Gasteiger partial charge on any atom is -0.494 e. The zero-order valence-electron chi connectivity index (χ0n) is 18.3. The Balaban J connectivity index is 1.40. The van der Waals surface area contributed by atoms with Crippen LogP contribution in [-0.2, 0) is 16.6 Å². The number of tetrazole rings is 1. The Labute approximate surface area is 192 Å². The van der Waals surface area contributed by atoms with Crippen LogP contribution in [0.4, 0.5) is 0 Å². The summed E-state index contributed by atoms with van der Waals surface area (Å²) < 4.78 is 34.0. The average molecular weight is 471 g/mol. The zero-order chi connectivity index (χ0) is 23.3. The molecular formula is C22H26N6O4S. The van der Waals surface area contributed by atoms with Crippen LogP contribution in [0.25, 0.3) is 5.69 Å². The number of piperidine rings is 1. The fraction of sp³-hybridized carbons (Fsp3) is 0.364. The molecule has 4 rings (SSSR count). The SMILES string of the molecule is CCOc1ccc(-n2nnnc2CNC(=O)c2ccc(S(=O)(=O)N3CCCCC3)cc2)cc1. The van der Waals surface area contributed by atoms with E-state index >= 15 is 0 Å². The zero-order valence-corrected chi connectivity index (χ0v) is 19.2. The molecule has 1 aliphatic heterocycles. The van der Waals surface area contributed by atoms with Crippen molar-refractivity contribution < 1.29 is 17.9 Å². The van der Waals surface area contributed by atoms with Crippen molar-refractivity contribution in [2.24, 2.45) is 0 Å². The molecule has 1 N–H and O–H groups in total. The summed E-state index contributed by atoms with van der Waals surface area (Å²) in [5.74, 6) is 0.852. The quantitative estimate of drug-likeness (QED) is 0.536. The van der Waals surface area contributed by atoms with E-state index in [0.29, 0.717) is 31.1 Å². The first-order chi connectivity index (χ1) is 16.0. The van der Waals surface area contributed by atoms with Crippen LogP contribution in [0, 0.1) is 0 Å². The molecule has 0 bridgehead atoms. The van der Waals surface area contributed by atoms with Gasteiger partial charge in [-0.1, -0.05) is 6.42 Å². The molecule has 2 aromatic carbocycles. The van der Waals surface area contributed by atoms with Crippen LogP contribution in [0.3, 0.4) is 0 Å². The van der Waals surface area contributed by atoms with E-state index in [4.69, 9.17) is 4.74 Å². The summed E-state index contributed by atoms with van der Waals surface area (Å²) in [5, 5.41) is 14.5. The molecule has 11 heteroatoms. The fourth-order valence-electron chi connectivity index (χ4n) is 3.66. The molecule has 1 fully saturated rings. The van der Waals surface area contributed by atoms with Gasteiger partial charge in [-0.05, 0) is 78.7 Å². The number of benzene rings is 2. The topological polar surface area (TPSA) is 119 Å². The highest BCUT2D eigenvalue weighted by molar-refractivity contribution is 7.89. The first kappa shape index (κ1) is 22.9. The van der Waals surface area contributed by atoms with E-state index in [1.54, 1.807) is 0 Å². The van der Waals surface area contributed by atoms with Crippen molar-refractivity contribution in [3.8, 4) is 11.4 Å². The van der Waals surface area contributed by atoms with Gasteiger partial charge in [0, 0.05) is 18.7 Å². The van der Waals surface area contributed by atoms with Crippen LogP contribution in [0.15, 0.2) is 53.4 Å². The first-order valence-corrected chi connectivity index (χ1v) is 12.3. The molecule has 1 aliphatic rings. The minimum atomic E-state index is -3.53. The molecule has 2 heterocycles.